The van der Waals surface area contributed by atoms with Crippen LogP contribution in [0, 0.1) is 6.92 Å². The van der Waals surface area contributed by atoms with Gasteiger partial charge in [0.1, 0.15) is 6.04 Å². The van der Waals surface area contributed by atoms with E-state index in [4.69, 9.17) is 5.73 Å². The lowest BCUT2D eigenvalue weighted by Crippen LogP contribution is -2.42. The van der Waals surface area contributed by atoms with E-state index >= 15 is 0 Å². The Kier molecular flexibility index (Phi) is 6.69. The summed E-state index contributed by atoms with van der Waals surface area (Å²) < 4.78 is 0. The number of carbonyl (C=O) groups is 1. The Morgan fingerprint density at radius 2 is 1.89 bits per heavy atom. The molecule has 0 radical (unpaired) electrons. The highest BCUT2D eigenvalue weighted by Crippen LogP contribution is 2.18. The summed E-state index contributed by atoms with van der Waals surface area (Å²) in [7, 11) is 0. The van der Waals surface area contributed by atoms with E-state index in [0.717, 1.165) is 29.9 Å². The lowest BCUT2D eigenvalue weighted by atomic mass is 10.0. The minimum atomic E-state index is -0.555. The predicted octanol–water partition coefficient (Wildman–Crippen LogP) is 2.43. The molecule has 0 spiro atoms. The third kappa shape index (κ3) is 4.71. The molecule has 106 valence electrons. The van der Waals surface area contributed by atoms with Crippen molar-refractivity contribution < 1.29 is 4.79 Å². The number of halogens is 1. The van der Waals surface area contributed by atoms with Gasteiger partial charge in [0.25, 0.3) is 0 Å². The van der Waals surface area contributed by atoms with Gasteiger partial charge in [-0.05, 0) is 36.8 Å². The third-order valence-corrected chi connectivity index (χ3v) is 4.34. The molecule has 1 aromatic carbocycles. The van der Waals surface area contributed by atoms with Crippen LogP contribution in [-0.4, -0.2) is 23.5 Å². The maximum Gasteiger partial charge on any atom is 0.241 e. The van der Waals surface area contributed by atoms with Crippen molar-refractivity contribution in [2.45, 2.75) is 31.8 Å². The van der Waals surface area contributed by atoms with Crippen molar-refractivity contribution in [1.29, 1.82) is 0 Å². The monoisotopic (exact) mass is 300 g/mol. The molecule has 2 rings (SSSR count). The van der Waals surface area contributed by atoms with Crippen molar-refractivity contribution in [2.24, 2.45) is 5.73 Å². The van der Waals surface area contributed by atoms with Crippen LogP contribution in [0.3, 0.4) is 0 Å². The molecule has 1 aliphatic heterocycles. The molecule has 0 aliphatic carbocycles. The van der Waals surface area contributed by atoms with Gasteiger partial charge >= 0.3 is 0 Å². The number of thioether (sulfide) groups is 1. The summed E-state index contributed by atoms with van der Waals surface area (Å²) in [5.41, 5.74) is 8.04. The van der Waals surface area contributed by atoms with Gasteiger partial charge in [0.2, 0.25) is 5.91 Å². The third-order valence-electron chi connectivity index (χ3n) is 3.29. The summed E-state index contributed by atoms with van der Waals surface area (Å²) in [6, 6.07) is 7.57. The van der Waals surface area contributed by atoms with Gasteiger partial charge in [-0.1, -0.05) is 29.8 Å². The predicted molar refractivity (Wildman–Crippen MR) is 83.8 cm³/mol. The fourth-order valence-electron chi connectivity index (χ4n) is 2.06. The van der Waals surface area contributed by atoms with E-state index in [2.05, 4.69) is 5.32 Å². The van der Waals surface area contributed by atoms with E-state index < -0.39 is 6.04 Å². The standard InChI is InChI=1S/C14H20N2OS.ClH/c1-10-2-4-11(5-3-10)13(15)14(17)16-12-6-8-18-9-7-12;/h2-5,12-13H,6-9,15H2,1H3,(H,16,17);1H. The van der Waals surface area contributed by atoms with E-state index in [1.54, 1.807) is 0 Å². The number of nitrogens with two attached hydrogens (primary N) is 1. The molecule has 3 nitrogen and oxygen atoms in total. The van der Waals surface area contributed by atoms with Crippen molar-refractivity contribution in [3.05, 3.63) is 35.4 Å². The van der Waals surface area contributed by atoms with Crippen LogP contribution in [0.15, 0.2) is 24.3 Å². The molecule has 19 heavy (non-hydrogen) atoms. The van der Waals surface area contributed by atoms with E-state index in [0.29, 0.717) is 6.04 Å². The largest absolute Gasteiger partial charge is 0.352 e. The zero-order chi connectivity index (χ0) is 13.0. The number of carbonyl (C=O) groups excluding carboxylic acids is 1. The number of rotatable bonds is 3. The van der Waals surface area contributed by atoms with Gasteiger partial charge in [-0.3, -0.25) is 4.79 Å². The van der Waals surface area contributed by atoms with Crippen molar-refractivity contribution in [3.8, 4) is 0 Å². The molecule has 1 aliphatic rings. The van der Waals surface area contributed by atoms with Crippen LogP contribution in [0.5, 0.6) is 0 Å². The molecule has 0 saturated carbocycles. The highest BCUT2D eigenvalue weighted by Gasteiger charge is 2.20. The normalized spacial score (nSPS) is 17.4. The second kappa shape index (κ2) is 7.78. The van der Waals surface area contributed by atoms with Gasteiger partial charge < -0.3 is 11.1 Å². The highest BCUT2D eigenvalue weighted by atomic mass is 35.5. The lowest BCUT2D eigenvalue weighted by molar-refractivity contribution is -0.123. The van der Waals surface area contributed by atoms with Gasteiger partial charge in [0.15, 0.2) is 0 Å². The first kappa shape index (κ1) is 16.3. The van der Waals surface area contributed by atoms with E-state index in [1.165, 1.54) is 5.56 Å². The number of aryl methyl sites for hydroxylation is 1. The topological polar surface area (TPSA) is 55.1 Å². The molecular formula is C14H21ClN2OS. The average Bonchev–Trinajstić information content (AvgIpc) is 2.40. The summed E-state index contributed by atoms with van der Waals surface area (Å²) in [4.78, 5) is 12.1. The summed E-state index contributed by atoms with van der Waals surface area (Å²) in [5.74, 6) is 2.20. The number of amides is 1. The maximum absolute atomic E-state index is 12.1. The van der Waals surface area contributed by atoms with Crippen LogP contribution in [0.1, 0.15) is 30.0 Å². The second-order valence-corrected chi connectivity index (χ2v) is 6.01. The summed E-state index contributed by atoms with van der Waals surface area (Å²) in [6.07, 6.45) is 2.11. The Balaban J connectivity index is 0.00000180. The fraction of sp³-hybridized carbons (Fsp3) is 0.500. The smallest absolute Gasteiger partial charge is 0.241 e. The van der Waals surface area contributed by atoms with Crippen molar-refractivity contribution in [1.82, 2.24) is 5.32 Å². The van der Waals surface area contributed by atoms with Crippen LogP contribution in [0.4, 0.5) is 0 Å². The second-order valence-electron chi connectivity index (χ2n) is 4.78. The minimum Gasteiger partial charge on any atom is -0.352 e. The molecule has 1 atom stereocenters. The molecule has 1 aromatic rings. The molecule has 1 fully saturated rings. The molecular weight excluding hydrogens is 280 g/mol. The summed E-state index contributed by atoms with van der Waals surface area (Å²) >= 11 is 1.95. The molecule has 1 heterocycles. The van der Waals surface area contributed by atoms with Crippen LogP contribution < -0.4 is 11.1 Å². The first-order chi connectivity index (χ1) is 8.66. The Morgan fingerprint density at radius 3 is 2.47 bits per heavy atom. The Bertz CT molecular complexity index is 404. The Morgan fingerprint density at radius 1 is 1.32 bits per heavy atom. The molecule has 1 amide bonds. The molecule has 3 N–H and O–H groups in total. The summed E-state index contributed by atoms with van der Waals surface area (Å²) in [6.45, 7) is 2.02. The van der Waals surface area contributed by atoms with Crippen LogP contribution in [0.2, 0.25) is 0 Å². The number of hydrogen-bond acceptors (Lipinski definition) is 3. The van der Waals surface area contributed by atoms with Gasteiger partial charge in [-0.15, -0.1) is 12.4 Å². The van der Waals surface area contributed by atoms with Crippen molar-refractivity contribution in [2.75, 3.05) is 11.5 Å². The Labute approximate surface area is 125 Å². The molecule has 1 saturated heterocycles. The zero-order valence-corrected chi connectivity index (χ0v) is 12.7. The zero-order valence-electron chi connectivity index (χ0n) is 11.1. The quantitative estimate of drug-likeness (QED) is 0.901. The van der Waals surface area contributed by atoms with Gasteiger partial charge in [0.05, 0.1) is 0 Å². The summed E-state index contributed by atoms with van der Waals surface area (Å²) in [5, 5.41) is 3.05. The van der Waals surface area contributed by atoms with E-state index in [9.17, 15) is 4.79 Å². The van der Waals surface area contributed by atoms with Crippen LogP contribution in [-0.2, 0) is 4.79 Å². The molecule has 0 bridgehead atoms. The first-order valence-electron chi connectivity index (χ1n) is 6.37. The number of benzene rings is 1. The number of nitrogens with one attached hydrogen (secondary N) is 1. The highest BCUT2D eigenvalue weighted by molar-refractivity contribution is 7.99. The van der Waals surface area contributed by atoms with Crippen molar-refractivity contribution in [3.63, 3.8) is 0 Å². The van der Waals surface area contributed by atoms with Crippen LogP contribution >= 0.6 is 24.2 Å². The fourth-order valence-corrected chi connectivity index (χ4v) is 3.16. The lowest BCUT2D eigenvalue weighted by Gasteiger charge is -2.24. The van der Waals surface area contributed by atoms with Gasteiger partial charge in [-0.25, -0.2) is 0 Å². The van der Waals surface area contributed by atoms with Crippen molar-refractivity contribution >= 4 is 30.1 Å². The molecule has 1 unspecified atom stereocenters. The van der Waals surface area contributed by atoms with Gasteiger partial charge in [0, 0.05) is 6.04 Å². The Hall–Kier alpha value is -0.710. The molecule has 5 heteroatoms. The minimum absolute atomic E-state index is 0. The molecule has 0 aromatic heterocycles. The van der Waals surface area contributed by atoms with Crippen LogP contribution in [0.25, 0.3) is 0 Å². The van der Waals surface area contributed by atoms with E-state index in [1.807, 2.05) is 43.0 Å². The average molecular weight is 301 g/mol. The SMILES string of the molecule is Cc1ccc(C(N)C(=O)NC2CCSCC2)cc1.Cl. The van der Waals surface area contributed by atoms with E-state index in [-0.39, 0.29) is 18.3 Å². The number of hydrogen-bond donors (Lipinski definition) is 2. The van der Waals surface area contributed by atoms with Gasteiger partial charge in [-0.2, -0.15) is 11.8 Å². The maximum atomic E-state index is 12.1. The first-order valence-corrected chi connectivity index (χ1v) is 7.52.